The fourth-order valence-corrected chi connectivity index (χ4v) is 1.30. The second-order valence-corrected chi connectivity index (χ2v) is 3.82. The molecule has 0 aliphatic rings. The number of rotatable bonds is 2. The monoisotopic (exact) mass is 168 g/mol. The zero-order valence-electron chi connectivity index (χ0n) is 6.74. The molecule has 1 aromatic rings. The third-order valence-electron chi connectivity index (χ3n) is 1.23. The highest BCUT2D eigenvalue weighted by molar-refractivity contribution is 7.08. The molecule has 0 aliphatic carbocycles. The molecule has 0 saturated heterocycles. The van der Waals surface area contributed by atoms with Crippen molar-refractivity contribution in [2.75, 3.05) is 0 Å². The zero-order valence-corrected chi connectivity index (χ0v) is 7.56. The summed E-state index contributed by atoms with van der Waals surface area (Å²) in [5.41, 5.74) is 0.444. The first-order valence-electron chi connectivity index (χ1n) is 3.52. The molecule has 0 bridgehead atoms. The smallest absolute Gasteiger partial charge is 0.0774 e. The van der Waals surface area contributed by atoms with Crippen LogP contribution in [0, 0.1) is 0 Å². The van der Waals surface area contributed by atoms with E-state index in [-0.39, 0.29) is 0 Å². The Labute approximate surface area is 71.0 Å². The van der Waals surface area contributed by atoms with E-state index in [0.29, 0.717) is 0 Å². The standard InChI is InChI=1S/C9H12OS/c1-9(2,10)5-3-8-4-6-11-7-8/h3-7,10H,1-2H3/b5-3+. The summed E-state index contributed by atoms with van der Waals surface area (Å²) in [7, 11) is 0. The quantitative estimate of drug-likeness (QED) is 0.719. The van der Waals surface area contributed by atoms with Gasteiger partial charge in [-0.05, 0) is 36.2 Å². The van der Waals surface area contributed by atoms with Crippen molar-refractivity contribution in [3.05, 3.63) is 28.5 Å². The molecule has 0 aliphatic heterocycles. The molecule has 1 N–H and O–H groups in total. The molecule has 1 aromatic heterocycles. The maximum atomic E-state index is 9.33. The molecule has 0 atom stereocenters. The van der Waals surface area contributed by atoms with E-state index in [1.807, 2.05) is 22.9 Å². The summed E-state index contributed by atoms with van der Waals surface area (Å²) >= 11 is 1.66. The summed E-state index contributed by atoms with van der Waals surface area (Å²) in [5.74, 6) is 0. The molecule has 1 heterocycles. The summed E-state index contributed by atoms with van der Waals surface area (Å²) in [6.07, 6.45) is 3.71. The Balaban J connectivity index is 2.63. The van der Waals surface area contributed by atoms with Crippen molar-refractivity contribution in [2.45, 2.75) is 19.4 Å². The first-order chi connectivity index (χ1) is 5.08. The Morgan fingerprint density at radius 1 is 1.55 bits per heavy atom. The van der Waals surface area contributed by atoms with Gasteiger partial charge < -0.3 is 5.11 Å². The van der Waals surface area contributed by atoms with Crippen LogP contribution in [0.3, 0.4) is 0 Å². The first kappa shape index (κ1) is 8.50. The lowest BCUT2D eigenvalue weighted by Crippen LogP contribution is -2.13. The van der Waals surface area contributed by atoms with Gasteiger partial charge in [0.05, 0.1) is 5.60 Å². The molecule has 0 amide bonds. The third-order valence-corrected chi connectivity index (χ3v) is 1.93. The van der Waals surface area contributed by atoms with E-state index < -0.39 is 5.60 Å². The van der Waals surface area contributed by atoms with Gasteiger partial charge in [0.1, 0.15) is 0 Å². The van der Waals surface area contributed by atoms with Crippen molar-refractivity contribution in [1.82, 2.24) is 0 Å². The molecule has 60 valence electrons. The number of hydrogen-bond donors (Lipinski definition) is 1. The van der Waals surface area contributed by atoms with Crippen LogP contribution < -0.4 is 0 Å². The van der Waals surface area contributed by atoms with Crippen LogP contribution in [0.2, 0.25) is 0 Å². The van der Waals surface area contributed by atoms with Crippen LogP contribution >= 0.6 is 11.3 Å². The summed E-state index contributed by atoms with van der Waals surface area (Å²) < 4.78 is 0. The Morgan fingerprint density at radius 3 is 2.73 bits per heavy atom. The fraction of sp³-hybridized carbons (Fsp3) is 0.333. The second kappa shape index (κ2) is 3.20. The molecular weight excluding hydrogens is 156 g/mol. The molecule has 0 saturated carbocycles. The van der Waals surface area contributed by atoms with Gasteiger partial charge in [-0.25, -0.2) is 0 Å². The van der Waals surface area contributed by atoms with Gasteiger partial charge in [0, 0.05) is 0 Å². The van der Waals surface area contributed by atoms with Crippen LogP contribution in [-0.2, 0) is 0 Å². The molecule has 2 heteroatoms. The lowest BCUT2D eigenvalue weighted by Gasteiger charge is -2.09. The molecule has 0 spiro atoms. The van der Waals surface area contributed by atoms with Gasteiger partial charge in [-0.1, -0.05) is 12.2 Å². The van der Waals surface area contributed by atoms with Crippen molar-refractivity contribution in [3.8, 4) is 0 Å². The van der Waals surface area contributed by atoms with Gasteiger partial charge in [0.25, 0.3) is 0 Å². The molecule has 1 rings (SSSR count). The summed E-state index contributed by atoms with van der Waals surface area (Å²) in [4.78, 5) is 0. The lowest BCUT2D eigenvalue weighted by molar-refractivity contribution is 0.134. The molecular formula is C9H12OS. The average Bonchev–Trinajstić information content (AvgIpc) is 2.32. The molecule has 0 unspecified atom stereocenters. The lowest BCUT2D eigenvalue weighted by atomic mass is 10.1. The maximum absolute atomic E-state index is 9.33. The highest BCUT2D eigenvalue weighted by atomic mass is 32.1. The Bertz CT molecular complexity index is 229. The SMILES string of the molecule is CC(C)(O)/C=C/c1ccsc1. The average molecular weight is 168 g/mol. The van der Waals surface area contributed by atoms with E-state index in [9.17, 15) is 5.11 Å². The second-order valence-electron chi connectivity index (χ2n) is 3.04. The van der Waals surface area contributed by atoms with Gasteiger partial charge in [0.2, 0.25) is 0 Å². The van der Waals surface area contributed by atoms with E-state index in [4.69, 9.17) is 0 Å². The van der Waals surface area contributed by atoms with Crippen LogP contribution in [0.5, 0.6) is 0 Å². The van der Waals surface area contributed by atoms with Crippen LogP contribution in [0.25, 0.3) is 6.08 Å². The van der Waals surface area contributed by atoms with Crippen molar-refractivity contribution >= 4 is 17.4 Å². The summed E-state index contributed by atoms with van der Waals surface area (Å²) in [5, 5.41) is 13.4. The number of aliphatic hydroxyl groups is 1. The highest BCUT2D eigenvalue weighted by Gasteiger charge is 2.05. The van der Waals surface area contributed by atoms with Crippen LogP contribution in [0.4, 0.5) is 0 Å². The van der Waals surface area contributed by atoms with E-state index >= 15 is 0 Å². The van der Waals surface area contributed by atoms with E-state index in [1.165, 1.54) is 0 Å². The molecule has 1 nitrogen and oxygen atoms in total. The van der Waals surface area contributed by atoms with Crippen molar-refractivity contribution < 1.29 is 5.11 Å². The fourth-order valence-electron chi connectivity index (χ4n) is 0.670. The largest absolute Gasteiger partial charge is 0.386 e. The predicted octanol–water partition coefficient (Wildman–Crippen LogP) is 2.53. The maximum Gasteiger partial charge on any atom is 0.0774 e. The van der Waals surface area contributed by atoms with Gasteiger partial charge in [-0.2, -0.15) is 11.3 Å². The van der Waals surface area contributed by atoms with Crippen LogP contribution in [0.1, 0.15) is 19.4 Å². The van der Waals surface area contributed by atoms with Gasteiger partial charge in [0.15, 0.2) is 0 Å². The Morgan fingerprint density at radius 2 is 2.27 bits per heavy atom. The molecule has 0 aromatic carbocycles. The minimum atomic E-state index is -0.706. The minimum absolute atomic E-state index is 0.706. The van der Waals surface area contributed by atoms with Crippen molar-refractivity contribution in [3.63, 3.8) is 0 Å². The van der Waals surface area contributed by atoms with Crippen LogP contribution in [-0.4, -0.2) is 10.7 Å². The molecule has 11 heavy (non-hydrogen) atoms. The Hall–Kier alpha value is -0.600. The zero-order chi connectivity index (χ0) is 8.32. The van der Waals surface area contributed by atoms with E-state index in [1.54, 1.807) is 31.3 Å². The topological polar surface area (TPSA) is 20.2 Å². The van der Waals surface area contributed by atoms with Crippen molar-refractivity contribution in [2.24, 2.45) is 0 Å². The predicted molar refractivity (Wildman–Crippen MR) is 49.7 cm³/mol. The Kier molecular flexibility index (Phi) is 2.47. The van der Waals surface area contributed by atoms with Gasteiger partial charge >= 0.3 is 0 Å². The van der Waals surface area contributed by atoms with Gasteiger partial charge in [-0.15, -0.1) is 0 Å². The van der Waals surface area contributed by atoms with Crippen LogP contribution in [0.15, 0.2) is 22.9 Å². The van der Waals surface area contributed by atoms with E-state index in [2.05, 4.69) is 0 Å². The number of thiophene rings is 1. The van der Waals surface area contributed by atoms with Crippen molar-refractivity contribution in [1.29, 1.82) is 0 Å². The molecule has 0 radical (unpaired) electrons. The van der Waals surface area contributed by atoms with E-state index in [0.717, 1.165) is 5.56 Å². The number of hydrogen-bond acceptors (Lipinski definition) is 2. The highest BCUT2D eigenvalue weighted by Crippen LogP contribution is 2.11. The summed E-state index contributed by atoms with van der Waals surface area (Å²) in [6, 6.07) is 2.02. The summed E-state index contributed by atoms with van der Waals surface area (Å²) in [6.45, 7) is 3.52. The normalized spacial score (nSPS) is 12.6. The first-order valence-corrected chi connectivity index (χ1v) is 4.46. The minimum Gasteiger partial charge on any atom is -0.386 e. The molecule has 0 fully saturated rings. The van der Waals surface area contributed by atoms with Gasteiger partial charge in [-0.3, -0.25) is 0 Å². The third kappa shape index (κ3) is 3.35.